The number of halogens is 3. The van der Waals surface area contributed by atoms with E-state index in [4.69, 9.17) is 18.9 Å². The number of nitrogens with zero attached hydrogens (tertiary/aromatic N) is 1. The third-order valence-corrected chi connectivity index (χ3v) is 5.66. The summed E-state index contributed by atoms with van der Waals surface area (Å²) >= 11 is 0. The summed E-state index contributed by atoms with van der Waals surface area (Å²) < 4.78 is 61.6. The van der Waals surface area contributed by atoms with E-state index in [0.717, 1.165) is 37.0 Å². The zero-order chi connectivity index (χ0) is 28.7. The number of rotatable bonds is 17. The molecular weight excluding hydrogens is 519 g/mol. The first-order valence-corrected chi connectivity index (χ1v) is 12.9. The van der Waals surface area contributed by atoms with Crippen LogP contribution in [0.4, 0.5) is 18.0 Å². The van der Waals surface area contributed by atoms with Crippen molar-refractivity contribution in [2.45, 2.75) is 51.8 Å². The Bertz CT molecular complexity index is 1010. The SMILES string of the molecule is CCCCCOCCN(CCOc1ccc(CC(OCC)C(=O)O)cc1)C(=O)Oc1ccccc1C(F)(F)F. The van der Waals surface area contributed by atoms with Gasteiger partial charge in [-0.05, 0) is 43.2 Å². The fourth-order valence-corrected chi connectivity index (χ4v) is 3.60. The Morgan fingerprint density at radius 2 is 1.64 bits per heavy atom. The Labute approximate surface area is 226 Å². The van der Waals surface area contributed by atoms with Crippen LogP contribution in [0.15, 0.2) is 48.5 Å². The molecule has 0 saturated carbocycles. The van der Waals surface area contributed by atoms with Gasteiger partial charge in [0.1, 0.15) is 18.1 Å². The number of hydrogen-bond donors (Lipinski definition) is 1. The molecule has 0 spiro atoms. The maximum absolute atomic E-state index is 13.3. The number of amides is 1. The van der Waals surface area contributed by atoms with E-state index in [-0.39, 0.29) is 39.3 Å². The lowest BCUT2D eigenvalue weighted by atomic mass is 10.1. The van der Waals surface area contributed by atoms with Gasteiger partial charge in [0.2, 0.25) is 0 Å². The molecule has 11 heteroatoms. The third kappa shape index (κ3) is 11.5. The number of benzene rings is 2. The number of carboxylic acid groups (broad SMARTS) is 1. The van der Waals surface area contributed by atoms with Gasteiger partial charge in [-0.25, -0.2) is 9.59 Å². The van der Waals surface area contributed by atoms with Crippen molar-refractivity contribution < 1.29 is 46.8 Å². The van der Waals surface area contributed by atoms with Gasteiger partial charge in [-0.3, -0.25) is 0 Å². The van der Waals surface area contributed by atoms with Crippen LogP contribution >= 0.6 is 0 Å². The Morgan fingerprint density at radius 3 is 2.28 bits per heavy atom. The highest BCUT2D eigenvalue weighted by atomic mass is 19.4. The van der Waals surface area contributed by atoms with E-state index in [2.05, 4.69) is 6.92 Å². The van der Waals surface area contributed by atoms with Crippen LogP contribution < -0.4 is 9.47 Å². The van der Waals surface area contributed by atoms with Crippen molar-refractivity contribution in [3.63, 3.8) is 0 Å². The Morgan fingerprint density at radius 1 is 0.949 bits per heavy atom. The molecule has 0 saturated heterocycles. The summed E-state index contributed by atoms with van der Waals surface area (Å²) in [7, 11) is 0. The molecule has 1 unspecified atom stereocenters. The van der Waals surface area contributed by atoms with Crippen LogP contribution in [0.5, 0.6) is 11.5 Å². The first kappa shape index (κ1) is 31.9. The standard InChI is InChI=1S/C28H36F3NO7/c1-3-5-8-17-36-18-15-32(27(35)39-24-10-7-6-9-23(24)28(29,30)31)16-19-38-22-13-11-21(12-14-22)20-25(26(33)34)37-4-2/h6-7,9-14,25H,3-5,8,15-20H2,1-2H3,(H,33,34). The summed E-state index contributed by atoms with van der Waals surface area (Å²) in [5.41, 5.74) is -0.295. The number of carbonyl (C=O) groups is 2. The average Bonchev–Trinajstić information content (AvgIpc) is 2.89. The van der Waals surface area contributed by atoms with E-state index in [1.165, 1.54) is 17.0 Å². The second-order valence-corrected chi connectivity index (χ2v) is 8.65. The number of alkyl halides is 3. The molecule has 0 heterocycles. The van der Waals surface area contributed by atoms with Crippen LogP contribution in [-0.4, -0.2) is 67.7 Å². The molecule has 216 valence electrons. The van der Waals surface area contributed by atoms with Crippen molar-refractivity contribution >= 4 is 12.1 Å². The number of aliphatic carboxylic acids is 1. The molecule has 8 nitrogen and oxygen atoms in total. The molecule has 2 rings (SSSR count). The number of carbonyl (C=O) groups excluding carboxylic acids is 1. The molecule has 39 heavy (non-hydrogen) atoms. The Balaban J connectivity index is 1.99. The van der Waals surface area contributed by atoms with Gasteiger partial charge in [-0.2, -0.15) is 13.2 Å². The molecule has 0 fully saturated rings. The predicted molar refractivity (Wildman–Crippen MR) is 138 cm³/mol. The van der Waals surface area contributed by atoms with Gasteiger partial charge in [0.15, 0.2) is 6.10 Å². The molecule has 0 aliphatic carbocycles. The first-order chi connectivity index (χ1) is 18.7. The third-order valence-electron chi connectivity index (χ3n) is 5.66. The predicted octanol–water partition coefficient (Wildman–Crippen LogP) is 5.82. The molecule has 1 N–H and O–H groups in total. The van der Waals surface area contributed by atoms with E-state index >= 15 is 0 Å². The maximum atomic E-state index is 13.3. The second-order valence-electron chi connectivity index (χ2n) is 8.65. The van der Waals surface area contributed by atoms with Crippen molar-refractivity contribution in [1.29, 1.82) is 0 Å². The molecule has 2 aromatic rings. The van der Waals surface area contributed by atoms with Crippen molar-refractivity contribution in [2.24, 2.45) is 0 Å². The second kappa shape index (κ2) is 16.6. The lowest BCUT2D eigenvalue weighted by molar-refractivity contribution is -0.150. The quantitative estimate of drug-likeness (QED) is 0.246. The number of hydrogen-bond acceptors (Lipinski definition) is 6. The van der Waals surface area contributed by atoms with Gasteiger partial charge < -0.3 is 29.0 Å². The molecule has 0 bridgehead atoms. The summed E-state index contributed by atoms with van der Waals surface area (Å²) in [6, 6.07) is 11.3. The Kier molecular flexibility index (Phi) is 13.6. The van der Waals surface area contributed by atoms with Crippen molar-refractivity contribution in [3.05, 3.63) is 59.7 Å². The molecule has 1 atom stereocenters. The molecule has 2 aromatic carbocycles. The number of ether oxygens (including phenoxy) is 4. The highest BCUT2D eigenvalue weighted by Gasteiger charge is 2.35. The number of para-hydroxylation sites is 1. The van der Waals surface area contributed by atoms with E-state index in [1.807, 2.05) is 0 Å². The summed E-state index contributed by atoms with van der Waals surface area (Å²) in [4.78, 5) is 25.3. The topological polar surface area (TPSA) is 94.5 Å². The van der Waals surface area contributed by atoms with Crippen LogP contribution in [0.2, 0.25) is 0 Å². The van der Waals surface area contributed by atoms with E-state index < -0.39 is 35.7 Å². The summed E-state index contributed by atoms with van der Waals surface area (Å²) in [5, 5.41) is 9.24. The van der Waals surface area contributed by atoms with Crippen LogP contribution in [0, 0.1) is 0 Å². The van der Waals surface area contributed by atoms with Gasteiger partial charge in [-0.15, -0.1) is 0 Å². The molecular formula is C28H36F3NO7. The van der Waals surface area contributed by atoms with Gasteiger partial charge in [0, 0.05) is 26.2 Å². The minimum absolute atomic E-state index is 0.0402. The molecule has 0 aliphatic rings. The number of carboxylic acids is 1. The van der Waals surface area contributed by atoms with E-state index in [1.54, 1.807) is 31.2 Å². The first-order valence-electron chi connectivity index (χ1n) is 12.9. The van der Waals surface area contributed by atoms with E-state index in [9.17, 15) is 27.9 Å². The van der Waals surface area contributed by atoms with Gasteiger partial charge in [0.25, 0.3) is 0 Å². The smallest absolute Gasteiger partial charge is 0.419 e. The van der Waals surface area contributed by atoms with Gasteiger partial charge in [-0.1, -0.05) is 44.0 Å². The molecule has 0 aliphatic heterocycles. The average molecular weight is 556 g/mol. The summed E-state index contributed by atoms with van der Waals surface area (Å²) in [6.07, 6.45) is -3.46. The fourth-order valence-electron chi connectivity index (χ4n) is 3.60. The largest absolute Gasteiger partial charge is 0.492 e. The summed E-state index contributed by atoms with van der Waals surface area (Å²) in [6.45, 7) is 4.97. The lowest BCUT2D eigenvalue weighted by Crippen LogP contribution is -2.39. The van der Waals surface area contributed by atoms with Crippen LogP contribution in [0.1, 0.15) is 44.2 Å². The molecule has 0 radical (unpaired) electrons. The van der Waals surface area contributed by atoms with Gasteiger partial charge >= 0.3 is 18.2 Å². The zero-order valence-corrected chi connectivity index (χ0v) is 22.2. The fraction of sp³-hybridized carbons (Fsp3) is 0.500. The van der Waals surface area contributed by atoms with Crippen molar-refractivity contribution in [3.8, 4) is 11.5 Å². The zero-order valence-electron chi connectivity index (χ0n) is 22.2. The Hall–Kier alpha value is -3.31. The van der Waals surface area contributed by atoms with Crippen molar-refractivity contribution in [1.82, 2.24) is 4.90 Å². The van der Waals surface area contributed by atoms with Crippen LogP contribution in [0.3, 0.4) is 0 Å². The monoisotopic (exact) mass is 555 g/mol. The van der Waals surface area contributed by atoms with Crippen molar-refractivity contribution in [2.75, 3.05) is 39.5 Å². The maximum Gasteiger partial charge on any atom is 0.419 e. The minimum atomic E-state index is -4.67. The molecule has 0 aromatic heterocycles. The summed E-state index contributed by atoms with van der Waals surface area (Å²) in [5.74, 6) is -1.14. The number of unbranched alkanes of at least 4 members (excludes halogenated alkanes) is 2. The lowest BCUT2D eigenvalue weighted by Gasteiger charge is -2.23. The highest BCUT2D eigenvalue weighted by molar-refractivity contribution is 5.72. The van der Waals surface area contributed by atoms with E-state index in [0.29, 0.717) is 12.4 Å². The van der Waals surface area contributed by atoms with Crippen LogP contribution in [-0.2, 0) is 26.9 Å². The minimum Gasteiger partial charge on any atom is -0.492 e. The van der Waals surface area contributed by atoms with Crippen LogP contribution in [0.25, 0.3) is 0 Å². The molecule has 1 amide bonds. The highest BCUT2D eigenvalue weighted by Crippen LogP contribution is 2.36. The normalized spacial score (nSPS) is 12.1. The van der Waals surface area contributed by atoms with Gasteiger partial charge in [0.05, 0.1) is 18.7 Å².